The minimum absolute atomic E-state index is 0.0213. The van der Waals surface area contributed by atoms with Crippen LogP contribution in [-0.4, -0.2) is 108 Å². The molecule has 4 rings (SSSR count). The fourth-order valence-electron chi connectivity index (χ4n) is 6.51. The SMILES string of the molecule is CC1(C)C(/C=C/C=C/C=C2/N(CCOCCOCCOCCN=[N+]=[N-])c3ccccc3C2(C)C)=[N+](CCOCCOCCO)c2ccccc21. The van der Waals surface area contributed by atoms with Gasteiger partial charge in [-0.1, -0.05) is 73.6 Å². The van der Waals surface area contributed by atoms with Crippen molar-refractivity contribution in [2.24, 2.45) is 5.11 Å². The summed E-state index contributed by atoms with van der Waals surface area (Å²) in [5.74, 6) is 0. The topological polar surface area (TPSA) is 121 Å². The van der Waals surface area contributed by atoms with Crippen molar-refractivity contribution in [2.45, 2.75) is 38.5 Å². The van der Waals surface area contributed by atoms with E-state index in [-0.39, 0.29) is 17.4 Å². The molecule has 2 aromatic rings. The van der Waals surface area contributed by atoms with Crippen LogP contribution in [-0.2, 0) is 34.5 Å². The van der Waals surface area contributed by atoms with E-state index in [1.54, 1.807) is 0 Å². The molecule has 0 radical (unpaired) electrons. The summed E-state index contributed by atoms with van der Waals surface area (Å²) in [6, 6.07) is 17.2. The minimum atomic E-state index is -0.157. The highest BCUT2D eigenvalue weighted by Gasteiger charge is 2.44. The Morgan fingerprint density at radius 2 is 1.36 bits per heavy atom. The Kier molecular flexibility index (Phi) is 15.7. The summed E-state index contributed by atoms with van der Waals surface area (Å²) in [4.78, 5) is 5.07. The second kappa shape index (κ2) is 20.1. The molecule has 0 bridgehead atoms. The van der Waals surface area contributed by atoms with Crippen LogP contribution in [0.4, 0.5) is 11.4 Å². The third-order valence-electron chi connectivity index (χ3n) is 9.00. The molecular formula is C39H54N5O6+. The monoisotopic (exact) mass is 688 g/mol. The Morgan fingerprint density at radius 1 is 0.740 bits per heavy atom. The van der Waals surface area contributed by atoms with Crippen molar-refractivity contribution in [1.82, 2.24) is 0 Å². The molecule has 0 unspecified atom stereocenters. The first-order chi connectivity index (χ1) is 24.3. The number of anilines is 1. The normalized spacial score (nSPS) is 16.9. The molecule has 2 aliphatic rings. The first-order valence-electron chi connectivity index (χ1n) is 17.5. The predicted octanol–water partition coefficient (Wildman–Crippen LogP) is 6.24. The van der Waals surface area contributed by atoms with Gasteiger partial charge in [-0.05, 0) is 37.1 Å². The highest BCUT2D eigenvalue weighted by Crippen LogP contribution is 2.47. The molecule has 0 saturated carbocycles. The van der Waals surface area contributed by atoms with Gasteiger partial charge in [0.2, 0.25) is 5.69 Å². The maximum atomic E-state index is 8.90. The van der Waals surface area contributed by atoms with E-state index in [1.807, 2.05) is 0 Å². The second-order valence-corrected chi connectivity index (χ2v) is 13.0. The maximum absolute atomic E-state index is 8.90. The standard InChI is InChI=1S/C39H54N5O6/c1-38(2)32-12-8-10-14-34(32)43(19-23-47-27-29-49-25-21-45)36(38)16-6-5-7-17-37-39(3,4)33-13-9-11-15-35(33)44(37)20-24-48-28-31-50-30-26-46-22-18-41-42-40/h5-17,45H,18-31H2,1-4H3/q+1. The molecule has 2 aromatic carbocycles. The van der Waals surface area contributed by atoms with Crippen LogP contribution in [0.3, 0.4) is 0 Å². The number of fused-ring (bicyclic) bond motifs is 2. The van der Waals surface area contributed by atoms with Gasteiger partial charge in [0.1, 0.15) is 6.61 Å². The molecular weight excluding hydrogens is 634 g/mol. The van der Waals surface area contributed by atoms with Gasteiger partial charge in [0.05, 0.1) is 71.5 Å². The summed E-state index contributed by atoms with van der Waals surface area (Å²) in [7, 11) is 0. The number of rotatable bonds is 23. The third kappa shape index (κ3) is 10.4. The zero-order valence-corrected chi connectivity index (χ0v) is 30.1. The Bertz CT molecular complexity index is 1540. The zero-order valence-electron chi connectivity index (χ0n) is 30.1. The molecule has 0 amide bonds. The molecule has 2 aliphatic heterocycles. The largest absolute Gasteiger partial charge is 0.394 e. The molecule has 2 heterocycles. The van der Waals surface area contributed by atoms with E-state index in [0.717, 1.165) is 13.1 Å². The number of benzene rings is 2. The van der Waals surface area contributed by atoms with Crippen molar-refractivity contribution in [3.8, 4) is 0 Å². The van der Waals surface area contributed by atoms with Gasteiger partial charge in [-0.2, -0.15) is 4.58 Å². The molecule has 1 N–H and O–H groups in total. The van der Waals surface area contributed by atoms with Gasteiger partial charge in [-0.3, -0.25) is 0 Å². The fraction of sp³-hybridized carbons (Fsp3) is 0.513. The lowest BCUT2D eigenvalue weighted by atomic mass is 9.81. The van der Waals surface area contributed by atoms with Gasteiger partial charge in [-0.25, -0.2) is 0 Å². The summed E-state index contributed by atoms with van der Waals surface area (Å²) in [6.07, 6.45) is 10.8. The molecule has 0 aliphatic carbocycles. The summed E-state index contributed by atoms with van der Waals surface area (Å²) in [5.41, 5.74) is 15.5. The lowest BCUT2D eigenvalue weighted by Gasteiger charge is -2.27. The lowest BCUT2D eigenvalue weighted by Crippen LogP contribution is -2.29. The van der Waals surface area contributed by atoms with Crippen molar-refractivity contribution in [1.29, 1.82) is 0 Å². The number of allylic oxidation sites excluding steroid dienone is 6. The van der Waals surface area contributed by atoms with Crippen LogP contribution in [0.2, 0.25) is 0 Å². The van der Waals surface area contributed by atoms with Gasteiger partial charge in [0, 0.05) is 52.5 Å². The van der Waals surface area contributed by atoms with Crippen LogP contribution in [0.15, 0.2) is 89.7 Å². The van der Waals surface area contributed by atoms with Crippen molar-refractivity contribution in [2.75, 3.05) is 97.2 Å². The van der Waals surface area contributed by atoms with E-state index in [9.17, 15) is 0 Å². The Morgan fingerprint density at radius 3 is 2.08 bits per heavy atom. The van der Waals surface area contributed by atoms with Gasteiger partial charge in [0.25, 0.3) is 0 Å². The van der Waals surface area contributed by atoms with E-state index in [0.29, 0.717) is 72.6 Å². The van der Waals surface area contributed by atoms with E-state index in [1.165, 1.54) is 33.9 Å². The van der Waals surface area contributed by atoms with Crippen molar-refractivity contribution < 1.29 is 33.4 Å². The molecule has 0 fully saturated rings. The van der Waals surface area contributed by atoms with Gasteiger partial charge in [0.15, 0.2) is 12.3 Å². The van der Waals surface area contributed by atoms with Crippen LogP contribution in [0.1, 0.15) is 38.8 Å². The Balaban J connectivity index is 1.37. The van der Waals surface area contributed by atoms with Crippen molar-refractivity contribution in [3.63, 3.8) is 0 Å². The van der Waals surface area contributed by atoms with Crippen LogP contribution in [0.5, 0.6) is 0 Å². The molecule has 11 heteroatoms. The smallest absolute Gasteiger partial charge is 0.209 e. The summed E-state index contributed by atoms with van der Waals surface area (Å²) in [6.45, 7) is 15.7. The zero-order chi connectivity index (χ0) is 35.7. The molecule has 0 aromatic heterocycles. The average Bonchev–Trinajstić information content (AvgIpc) is 3.46. The molecule has 0 spiro atoms. The van der Waals surface area contributed by atoms with Crippen LogP contribution in [0.25, 0.3) is 10.4 Å². The van der Waals surface area contributed by atoms with Crippen molar-refractivity contribution >= 4 is 17.1 Å². The number of nitrogens with zero attached hydrogens (tertiary/aromatic N) is 5. The molecule has 11 nitrogen and oxygen atoms in total. The number of ether oxygens (including phenoxy) is 5. The van der Waals surface area contributed by atoms with E-state index < -0.39 is 0 Å². The number of azide groups is 1. The number of aliphatic hydroxyl groups is 1. The average molecular weight is 689 g/mol. The number of aliphatic hydroxyl groups excluding tert-OH is 1. The maximum Gasteiger partial charge on any atom is 0.209 e. The van der Waals surface area contributed by atoms with E-state index in [4.69, 9.17) is 34.3 Å². The highest BCUT2D eigenvalue weighted by molar-refractivity contribution is 6.03. The lowest BCUT2D eigenvalue weighted by molar-refractivity contribution is -0.442. The molecule has 0 atom stereocenters. The number of hydrogen-bond donors (Lipinski definition) is 1. The highest BCUT2D eigenvalue weighted by atomic mass is 16.5. The van der Waals surface area contributed by atoms with Crippen LogP contribution >= 0.6 is 0 Å². The number of para-hydroxylation sites is 2. The minimum Gasteiger partial charge on any atom is -0.394 e. The Labute approximate surface area is 297 Å². The second-order valence-electron chi connectivity index (χ2n) is 13.0. The third-order valence-corrected chi connectivity index (χ3v) is 9.00. The van der Waals surface area contributed by atoms with Gasteiger partial charge < -0.3 is 33.7 Å². The van der Waals surface area contributed by atoms with Gasteiger partial charge in [-0.15, -0.1) is 0 Å². The first kappa shape index (κ1) is 39.0. The summed E-state index contributed by atoms with van der Waals surface area (Å²) in [5, 5.41) is 12.3. The molecule has 270 valence electrons. The predicted molar refractivity (Wildman–Crippen MR) is 198 cm³/mol. The fourth-order valence-corrected chi connectivity index (χ4v) is 6.51. The molecule has 50 heavy (non-hydrogen) atoms. The Hall–Kier alpha value is -3.80. The summed E-state index contributed by atoms with van der Waals surface area (Å²) >= 11 is 0. The van der Waals surface area contributed by atoms with E-state index >= 15 is 0 Å². The van der Waals surface area contributed by atoms with Crippen LogP contribution < -0.4 is 4.90 Å². The molecule has 0 saturated heterocycles. The van der Waals surface area contributed by atoms with Crippen LogP contribution in [0, 0.1) is 0 Å². The quantitative estimate of drug-likeness (QED) is 0.0366. The number of hydrogen-bond acceptors (Lipinski definition) is 8. The van der Waals surface area contributed by atoms with Crippen molar-refractivity contribution in [3.05, 3.63) is 106 Å². The first-order valence-corrected chi connectivity index (χ1v) is 17.5. The summed E-state index contributed by atoms with van der Waals surface area (Å²) < 4.78 is 30.5. The van der Waals surface area contributed by atoms with Gasteiger partial charge >= 0.3 is 0 Å². The van der Waals surface area contributed by atoms with E-state index in [2.05, 4.69) is 126 Å².